The zero-order chi connectivity index (χ0) is 19.5. The number of piperazine rings is 1. The Morgan fingerprint density at radius 2 is 1.96 bits per heavy atom. The molecule has 7 heteroatoms. The van der Waals surface area contributed by atoms with E-state index >= 15 is 0 Å². The molecule has 144 valence electrons. The van der Waals surface area contributed by atoms with Gasteiger partial charge in [0.1, 0.15) is 5.60 Å². The van der Waals surface area contributed by atoms with Gasteiger partial charge in [0.15, 0.2) is 0 Å². The molecular weight excluding hydrogens is 400 g/mol. The van der Waals surface area contributed by atoms with E-state index in [1.165, 1.54) is 7.11 Å². The third-order valence-corrected chi connectivity index (χ3v) is 5.03. The molecule has 2 rings (SSSR count). The van der Waals surface area contributed by atoms with Gasteiger partial charge in [-0.3, -0.25) is 4.90 Å². The minimum atomic E-state index is -0.489. The molecule has 1 atom stereocenters. The van der Waals surface area contributed by atoms with Crippen molar-refractivity contribution in [3.8, 4) is 0 Å². The number of rotatable bonds is 3. The lowest BCUT2D eigenvalue weighted by atomic mass is 10.1. The number of esters is 1. The summed E-state index contributed by atoms with van der Waals surface area (Å²) < 4.78 is 11.2. The minimum Gasteiger partial charge on any atom is -0.465 e. The van der Waals surface area contributed by atoms with Crippen LogP contribution in [0, 0.1) is 0 Å². The summed E-state index contributed by atoms with van der Waals surface area (Å²) in [6, 6.07) is 5.64. The Bertz CT molecular complexity index is 672. The molecule has 1 amide bonds. The molecular formula is C19H27BrN2O4. The molecule has 0 N–H and O–H groups in total. The van der Waals surface area contributed by atoms with Gasteiger partial charge in [0.2, 0.25) is 0 Å². The summed E-state index contributed by atoms with van der Waals surface area (Å²) >= 11 is 3.55. The number of methoxy groups -OCH3 is 1. The maximum absolute atomic E-state index is 12.3. The molecule has 1 aromatic carbocycles. The molecule has 0 bridgehead atoms. The second-order valence-corrected chi connectivity index (χ2v) is 8.40. The number of halogens is 1. The second kappa shape index (κ2) is 8.39. The van der Waals surface area contributed by atoms with Crippen molar-refractivity contribution in [2.24, 2.45) is 0 Å². The van der Waals surface area contributed by atoms with E-state index < -0.39 is 5.60 Å². The van der Waals surface area contributed by atoms with Crippen LogP contribution in [0.15, 0.2) is 22.7 Å². The molecule has 0 aromatic heterocycles. The highest BCUT2D eigenvalue weighted by Crippen LogP contribution is 2.23. The van der Waals surface area contributed by atoms with E-state index in [0.29, 0.717) is 25.2 Å². The Morgan fingerprint density at radius 1 is 1.27 bits per heavy atom. The lowest BCUT2D eigenvalue weighted by Gasteiger charge is -2.40. The van der Waals surface area contributed by atoms with Gasteiger partial charge in [-0.1, -0.05) is 15.9 Å². The summed E-state index contributed by atoms with van der Waals surface area (Å²) in [5.41, 5.74) is 1.06. The molecule has 1 heterocycles. The van der Waals surface area contributed by atoms with Crippen LogP contribution in [0.25, 0.3) is 0 Å². The molecule has 1 aliphatic heterocycles. The lowest BCUT2D eigenvalue weighted by Crippen LogP contribution is -2.54. The van der Waals surface area contributed by atoms with Gasteiger partial charge in [-0.2, -0.15) is 0 Å². The fourth-order valence-corrected chi connectivity index (χ4v) is 3.25. The van der Waals surface area contributed by atoms with Gasteiger partial charge in [0.05, 0.1) is 12.7 Å². The number of hydrogen-bond donors (Lipinski definition) is 0. The van der Waals surface area contributed by atoms with Crippen LogP contribution in [0.1, 0.15) is 43.6 Å². The van der Waals surface area contributed by atoms with Crippen LogP contribution in [0.3, 0.4) is 0 Å². The van der Waals surface area contributed by atoms with Crippen molar-refractivity contribution >= 4 is 28.0 Å². The third-order valence-electron chi connectivity index (χ3n) is 4.26. The first-order valence-corrected chi connectivity index (χ1v) is 9.48. The van der Waals surface area contributed by atoms with Gasteiger partial charge in [0, 0.05) is 36.7 Å². The number of benzene rings is 1. The van der Waals surface area contributed by atoms with Gasteiger partial charge < -0.3 is 14.4 Å². The van der Waals surface area contributed by atoms with Crippen LogP contribution in [0.2, 0.25) is 0 Å². The summed E-state index contributed by atoms with van der Waals surface area (Å²) in [5.74, 6) is -0.346. The third kappa shape index (κ3) is 5.45. The SMILES string of the molecule is COC(=O)c1ccc(Br)c(CN2CCN(C(=O)OC(C)(C)C)C[C@@H]2C)c1. The fraction of sp³-hybridized carbons (Fsp3) is 0.579. The first-order valence-electron chi connectivity index (χ1n) is 8.69. The maximum atomic E-state index is 12.3. The van der Waals surface area contributed by atoms with Gasteiger partial charge in [-0.25, -0.2) is 9.59 Å². The first kappa shape index (κ1) is 20.7. The minimum absolute atomic E-state index is 0.185. The van der Waals surface area contributed by atoms with E-state index in [1.807, 2.05) is 32.9 Å². The van der Waals surface area contributed by atoms with Gasteiger partial charge in [0.25, 0.3) is 0 Å². The van der Waals surface area contributed by atoms with Crippen LogP contribution >= 0.6 is 15.9 Å². The number of nitrogens with zero attached hydrogens (tertiary/aromatic N) is 2. The predicted octanol–water partition coefficient (Wildman–Crippen LogP) is 3.68. The smallest absolute Gasteiger partial charge is 0.410 e. The Kier molecular flexibility index (Phi) is 6.69. The molecule has 26 heavy (non-hydrogen) atoms. The highest BCUT2D eigenvalue weighted by atomic mass is 79.9. The number of amides is 1. The van der Waals surface area contributed by atoms with Crippen molar-refractivity contribution in [1.82, 2.24) is 9.80 Å². The first-order chi connectivity index (χ1) is 12.1. The summed E-state index contributed by atoms with van der Waals surface area (Å²) in [7, 11) is 1.38. The summed E-state index contributed by atoms with van der Waals surface area (Å²) in [6.45, 7) is 10.4. The summed E-state index contributed by atoms with van der Waals surface area (Å²) in [4.78, 5) is 28.1. The van der Waals surface area contributed by atoms with Crippen molar-refractivity contribution in [2.45, 2.75) is 45.9 Å². The molecule has 1 aliphatic rings. The van der Waals surface area contributed by atoms with Gasteiger partial charge in [-0.15, -0.1) is 0 Å². The van der Waals surface area contributed by atoms with E-state index in [9.17, 15) is 9.59 Å². The highest BCUT2D eigenvalue weighted by Gasteiger charge is 2.30. The number of carbonyl (C=O) groups excluding carboxylic acids is 2. The van der Waals surface area contributed by atoms with Crippen LogP contribution < -0.4 is 0 Å². The molecule has 1 saturated heterocycles. The van der Waals surface area contributed by atoms with Crippen LogP contribution in [0.5, 0.6) is 0 Å². The number of carbonyl (C=O) groups is 2. The normalized spacial score (nSPS) is 18.5. The summed E-state index contributed by atoms with van der Waals surface area (Å²) in [5, 5.41) is 0. The number of hydrogen-bond acceptors (Lipinski definition) is 5. The predicted molar refractivity (Wildman–Crippen MR) is 103 cm³/mol. The van der Waals surface area contributed by atoms with Gasteiger partial charge >= 0.3 is 12.1 Å². The largest absolute Gasteiger partial charge is 0.465 e. The van der Waals surface area contributed by atoms with Gasteiger partial charge in [-0.05, 0) is 51.5 Å². The van der Waals surface area contributed by atoms with Crippen molar-refractivity contribution in [3.05, 3.63) is 33.8 Å². The molecule has 6 nitrogen and oxygen atoms in total. The Morgan fingerprint density at radius 3 is 2.54 bits per heavy atom. The zero-order valence-corrected chi connectivity index (χ0v) is 17.6. The Balaban J connectivity index is 2.02. The zero-order valence-electron chi connectivity index (χ0n) is 16.0. The van der Waals surface area contributed by atoms with Crippen LogP contribution in [0.4, 0.5) is 4.79 Å². The highest BCUT2D eigenvalue weighted by molar-refractivity contribution is 9.10. The van der Waals surface area contributed by atoms with E-state index in [1.54, 1.807) is 11.0 Å². The standard InChI is InChI=1S/C19H27BrN2O4/c1-13-11-22(18(24)26-19(2,3)4)9-8-21(13)12-15-10-14(17(23)25-5)6-7-16(15)20/h6-7,10,13H,8-9,11-12H2,1-5H3/t13-/m0/s1. The van der Waals surface area contributed by atoms with E-state index in [-0.39, 0.29) is 18.1 Å². The van der Waals surface area contributed by atoms with Crippen LogP contribution in [-0.4, -0.2) is 60.2 Å². The maximum Gasteiger partial charge on any atom is 0.410 e. The van der Waals surface area contributed by atoms with E-state index in [4.69, 9.17) is 9.47 Å². The molecule has 1 fully saturated rings. The molecule has 1 aromatic rings. The second-order valence-electron chi connectivity index (χ2n) is 7.54. The van der Waals surface area contributed by atoms with Crippen LogP contribution in [-0.2, 0) is 16.0 Å². The topological polar surface area (TPSA) is 59.1 Å². The van der Waals surface area contributed by atoms with E-state index in [0.717, 1.165) is 16.6 Å². The molecule has 0 radical (unpaired) electrons. The van der Waals surface area contributed by atoms with Crippen molar-refractivity contribution in [2.75, 3.05) is 26.7 Å². The van der Waals surface area contributed by atoms with Crippen molar-refractivity contribution < 1.29 is 19.1 Å². The summed E-state index contributed by atoms with van der Waals surface area (Å²) in [6.07, 6.45) is -0.266. The molecule has 0 spiro atoms. The fourth-order valence-electron chi connectivity index (χ4n) is 2.88. The molecule has 0 saturated carbocycles. The number of ether oxygens (including phenoxy) is 2. The van der Waals surface area contributed by atoms with Crippen molar-refractivity contribution in [3.63, 3.8) is 0 Å². The quantitative estimate of drug-likeness (QED) is 0.689. The monoisotopic (exact) mass is 426 g/mol. The molecule has 0 unspecified atom stereocenters. The average Bonchev–Trinajstić information content (AvgIpc) is 2.56. The Hall–Kier alpha value is -1.60. The van der Waals surface area contributed by atoms with Crippen molar-refractivity contribution in [1.29, 1.82) is 0 Å². The molecule has 0 aliphatic carbocycles. The average molecular weight is 427 g/mol. The van der Waals surface area contributed by atoms with E-state index in [2.05, 4.69) is 27.8 Å². The Labute approximate surface area is 163 Å². The lowest BCUT2D eigenvalue weighted by molar-refractivity contribution is 0.00455.